The van der Waals surface area contributed by atoms with Gasteiger partial charge in [-0.3, -0.25) is 4.99 Å². The van der Waals surface area contributed by atoms with Gasteiger partial charge in [0.2, 0.25) is 6.79 Å². The number of guanidine groups is 1. The standard InChI is InChI=1S/C19H27F2N3O5/c1-22-19(23-5-3-6-25-11-14-4-2-7-26-14)24-10-13-8-16-17(28-12-27-16)9-15(13)29-18(20)21/h8-9,14,18H,2-7,10-12H2,1H3,(H2,22,23,24). The fourth-order valence-corrected chi connectivity index (χ4v) is 3.08. The van der Waals surface area contributed by atoms with Gasteiger partial charge < -0.3 is 34.3 Å². The summed E-state index contributed by atoms with van der Waals surface area (Å²) in [5.74, 6) is 1.46. The first-order valence-corrected chi connectivity index (χ1v) is 9.67. The number of hydrogen-bond acceptors (Lipinski definition) is 6. The number of halogens is 2. The van der Waals surface area contributed by atoms with Crippen LogP contribution < -0.4 is 24.8 Å². The van der Waals surface area contributed by atoms with Crippen molar-refractivity contribution in [2.45, 2.75) is 38.5 Å². The Bertz CT molecular complexity index is 684. The van der Waals surface area contributed by atoms with Crippen molar-refractivity contribution < 1.29 is 32.5 Å². The number of nitrogens with one attached hydrogen (secondary N) is 2. The van der Waals surface area contributed by atoms with E-state index in [1.54, 1.807) is 13.1 Å². The van der Waals surface area contributed by atoms with E-state index in [-0.39, 0.29) is 25.2 Å². The quantitative estimate of drug-likeness (QED) is 0.345. The van der Waals surface area contributed by atoms with Crippen molar-refractivity contribution in [3.63, 3.8) is 0 Å². The largest absolute Gasteiger partial charge is 0.454 e. The van der Waals surface area contributed by atoms with Gasteiger partial charge in [0.1, 0.15) is 5.75 Å². The van der Waals surface area contributed by atoms with Crippen LogP contribution in [0.2, 0.25) is 0 Å². The normalized spacial score (nSPS) is 18.3. The van der Waals surface area contributed by atoms with Gasteiger partial charge in [-0.05, 0) is 25.3 Å². The van der Waals surface area contributed by atoms with Crippen LogP contribution in [0.5, 0.6) is 17.2 Å². The summed E-state index contributed by atoms with van der Waals surface area (Å²) < 4.78 is 51.7. The van der Waals surface area contributed by atoms with E-state index in [9.17, 15) is 8.78 Å². The first kappa shape index (κ1) is 21.4. The first-order valence-electron chi connectivity index (χ1n) is 9.67. The Labute approximate surface area is 168 Å². The number of alkyl halides is 2. The van der Waals surface area contributed by atoms with E-state index in [1.165, 1.54) is 6.07 Å². The van der Waals surface area contributed by atoms with Gasteiger partial charge in [0, 0.05) is 45.0 Å². The van der Waals surface area contributed by atoms with Crippen LogP contribution in [-0.2, 0) is 16.0 Å². The summed E-state index contributed by atoms with van der Waals surface area (Å²) in [6.07, 6.45) is 3.19. The predicted molar refractivity (Wildman–Crippen MR) is 102 cm³/mol. The maximum atomic E-state index is 12.7. The number of aliphatic imine (C=N–C) groups is 1. The monoisotopic (exact) mass is 415 g/mol. The minimum atomic E-state index is -2.93. The van der Waals surface area contributed by atoms with Crippen LogP contribution in [0.15, 0.2) is 17.1 Å². The fourth-order valence-electron chi connectivity index (χ4n) is 3.08. The van der Waals surface area contributed by atoms with Crippen molar-refractivity contribution in [3.05, 3.63) is 17.7 Å². The van der Waals surface area contributed by atoms with Gasteiger partial charge in [-0.1, -0.05) is 0 Å². The van der Waals surface area contributed by atoms with Crippen molar-refractivity contribution in [2.75, 3.05) is 40.2 Å². The molecule has 3 rings (SSSR count). The molecule has 2 heterocycles. The summed E-state index contributed by atoms with van der Waals surface area (Å²) in [5.41, 5.74) is 0.511. The van der Waals surface area contributed by atoms with Crippen molar-refractivity contribution in [1.82, 2.24) is 10.6 Å². The Morgan fingerprint density at radius 2 is 2.10 bits per heavy atom. The summed E-state index contributed by atoms with van der Waals surface area (Å²) >= 11 is 0. The van der Waals surface area contributed by atoms with Crippen molar-refractivity contribution in [2.24, 2.45) is 4.99 Å². The number of benzene rings is 1. The van der Waals surface area contributed by atoms with E-state index >= 15 is 0 Å². The molecular formula is C19H27F2N3O5. The van der Waals surface area contributed by atoms with Gasteiger partial charge in [0.05, 0.1) is 12.7 Å². The molecule has 0 amide bonds. The zero-order valence-corrected chi connectivity index (χ0v) is 16.4. The van der Waals surface area contributed by atoms with Gasteiger partial charge in [0.15, 0.2) is 17.5 Å². The third-order valence-electron chi connectivity index (χ3n) is 4.53. The molecule has 0 saturated carbocycles. The van der Waals surface area contributed by atoms with Gasteiger partial charge in [-0.15, -0.1) is 0 Å². The van der Waals surface area contributed by atoms with Gasteiger partial charge in [-0.2, -0.15) is 8.78 Å². The summed E-state index contributed by atoms with van der Waals surface area (Å²) in [5, 5.41) is 6.25. The molecule has 0 radical (unpaired) electrons. The number of hydrogen-bond donors (Lipinski definition) is 2. The maximum absolute atomic E-state index is 12.7. The highest BCUT2D eigenvalue weighted by atomic mass is 19.3. The summed E-state index contributed by atoms with van der Waals surface area (Å²) in [6, 6.07) is 3.03. The second kappa shape index (κ2) is 11.0. The summed E-state index contributed by atoms with van der Waals surface area (Å²) in [7, 11) is 1.64. The molecule has 0 spiro atoms. The third-order valence-corrected chi connectivity index (χ3v) is 4.53. The molecule has 1 saturated heterocycles. The number of nitrogens with zero attached hydrogens (tertiary/aromatic N) is 1. The molecule has 8 nitrogen and oxygen atoms in total. The average molecular weight is 415 g/mol. The molecule has 2 aliphatic heterocycles. The molecule has 1 aromatic carbocycles. The Balaban J connectivity index is 1.41. The van der Waals surface area contributed by atoms with E-state index in [2.05, 4.69) is 20.4 Å². The maximum Gasteiger partial charge on any atom is 0.387 e. The van der Waals surface area contributed by atoms with E-state index < -0.39 is 6.61 Å². The van der Waals surface area contributed by atoms with Crippen LogP contribution in [0.4, 0.5) is 8.78 Å². The molecule has 1 aromatic rings. The van der Waals surface area contributed by atoms with E-state index in [0.29, 0.717) is 42.8 Å². The van der Waals surface area contributed by atoms with Crippen LogP contribution in [-0.4, -0.2) is 58.9 Å². The van der Waals surface area contributed by atoms with E-state index in [1.807, 2.05) is 0 Å². The SMILES string of the molecule is CN=C(NCCCOCC1CCCO1)NCc1cc2c(cc1OC(F)F)OCO2. The molecule has 0 aromatic heterocycles. The summed E-state index contributed by atoms with van der Waals surface area (Å²) in [4.78, 5) is 4.14. The Morgan fingerprint density at radius 1 is 1.28 bits per heavy atom. The fraction of sp³-hybridized carbons (Fsp3) is 0.632. The lowest BCUT2D eigenvalue weighted by atomic mass is 10.1. The van der Waals surface area contributed by atoms with Gasteiger partial charge in [-0.25, -0.2) is 0 Å². The van der Waals surface area contributed by atoms with Crippen molar-refractivity contribution >= 4 is 5.96 Å². The molecule has 0 aliphatic carbocycles. The first-order chi connectivity index (χ1) is 14.2. The van der Waals surface area contributed by atoms with Gasteiger partial charge in [0.25, 0.3) is 0 Å². The average Bonchev–Trinajstić information content (AvgIpc) is 3.37. The Morgan fingerprint density at radius 3 is 2.83 bits per heavy atom. The summed E-state index contributed by atoms with van der Waals surface area (Å²) in [6.45, 7) is 0.0909. The Hall–Kier alpha value is -2.33. The second-order valence-corrected chi connectivity index (χ2v) is 6.61. The molecule has 10 heteroatoms. The molecular weight excluding hydrogens is 388 g/mol. The molecule has 2 aliphatic rings. The molecule has 1 unspecified atom stereocenters. The highest BCUT2D eigenvalue weighted by molar-refractivity contribution is 5.79. The lowest BCUT2D eigenvalue weighted by Gasteiger charge is -2.15. The molecule has 29 heavy (non-hydrogen) atoms. The minimum Gasteiger partial charge on any atom is -0.454 e. The highest BCUT2D eigenvalue weighted by Crippen LogP contribution is 2.38. The number of ether oxygens (including phenoxy) is 5. The van der Waals surface area contributed by atoms with Crippen molar-refractivity contribution in [1.29, 1.82) is 0 Å². The smallest absolute Gasteiger partial charge is 0.387 e. The zero-order chi connectivity index (χ0) is 20.5. The minimum absolute atomic E-state index is 0.0368. The van der Waals surface area contributed by atoms with Crippen LogP contribution in [0.25, 0.3) is 0 Å². The van der Waals surface area contributed by atoms with Crippen LogP contribution in [0.1, 0.15) is 24.8 Å². The molecule has 2 N–H and O–H groups in total. The van der Waals surface area contributed by atoms with Crippen LogP contribution in [0.3, 0.4) is 0 Å². The van der Waals surface area contributed by atoms with Crippen molar-refractivity contribution in [3.8, 4) is 17.2 Å². The number of fused-ring (bicyclic) bond motifs is 1. The highest BCUT2D eigenvalue weighted by Gasteiger charge is 2.20. The van der Waals surface area contributed by atoms with Crippen LogP contribution in [0, 0.1) is 0 Å². The molecule has 1 atom stereocenters. The Kier molecular flexibility index (Phi) is 8.12. The number of rotatable bonds is 10. The predicted octanol–water partition coefficient (Wildman–Crippen LogP) is 2.27. The zero-order valence-electron chi connectivity index (χ0n) is 16.4. The molecule has 1 fully saturated rings. The third kappa shape index (κ3) is 6.60. The van der Waals surface area contributed by atoms with Gasteiger partial charge >= 0.3 is 6.61 Å². The van der Waals surface area contributed by atoms with E-state index in [0.717, 1.165) is 25.9 Å². The lowest BCUT2D eigenvalue weighted by Crippen LogP contribution is -2.37. The lowest BCUT2D eigenvalue weighted by molar-refractivity contribution is -0.0505. The van der Waals surface area contributed by atoms with Crippen LogP contribution >= 0.6 is 0 Å². The van der Waals surface area contributed by atoms with E-state index in [4.69, 9.17) is 18.9 Å². The molecule has 162 valence electrons. The topological polar surface area (TPSA) is 82.6 Å². The second-order valence-electron chi connectivity index (χ2n) is 6.61. The molecule has 0 bridgehead atoms.